The summed E-state index contributed by atoms with van der Waals surface area (Å²) in [5.41, 5.74) is 2.94. The van der Waals surface area contributed by atoms with Crippen molar-refractivity contribution in [3.05, 3.63) is 42.2 Å². The van der Waals surface area contributed by atoms with Gasteiger partial charge in [-0.15, -0.1) is 0 Å². The summed E-state index contributed by atoms with van der Waals surface area (Å²) in [7, 11) is 0. The predicted octanol–water partition coefficient (Wildman–Crippen LogP) is 4.09. The molecular weight excluding hydrogens is 170 g/mol. The molecule has 0 aromatic carbocycles. The first-order chi connectivity index (χ1) is 6.69. The topological polar surface area (TPSA) is 12.9 Å². The summed E-state index contributed by atoms with van der Waals surface area (Å²) in [6, 6.07) is 3.95. The lowest BCUT2D eigenvalue weighted by atomic mass is 10.2. The van der Waals surface area contributed by atoms with Gasteiger partial charge in [-0.1, -0.05) is 45.6 Å². The molecule has 76 valence electrons. The normalized spacial score (nSPS) is 8.50. The van der Waals surface area contributed by atoms with Crippen LogP contribution in [0.25, 0.3) is 12.2 Å². The third kappa shape index (κ3) is 4.04. The van der Waals surface area contributed by atoms with E-state index in [2.05, 4.69) is 32.0 Å². The minimum atomic E-state index is 0.903. The molecule has 0 radical (unpaired) electrons. The molecular formula is C13H19N. The van der Waals surface area contributed by atoms with Crippen LogP contribution < -0.4 is 0 Å². The molecule has 1 aromatic rings. The summed E-state index contributed by atoms with van der Waals surface area (Å²) in [6.07, 6.45) is 4.77. The Bertz CT molecular complexity index is 300. The highest BCUT2D eigenvalue weighted by Crippen LogP contribution is 2.09. The molecule has 0 amide bonds. The van der Waals surface area contributed by atoms with Gasteiger partial charge in [-0.25, -0.2) is 0 Å². The van der Waals surface area contributed by atoms with Crippen LogP contribution in [0.5, 0.6) is 0 Å². The van der Waals surface area contributed by atoms with E-state index in [1.54, 1.807) is 12.2 Å². The lowest BCUT2D eigenvalue weighted by Gasteiger charge is -1.99. The number of aromatic nitrogens is 1. The SMILES string of the molecule is C=Cc1ccc(C)nc1C=C.CCC. The molecule has 0 bridgehead atoms. The van der Waals surface area contributed by atoms with E-state index in [9.17, 15) is 0 Å². The molecule has 0 aliphatic rings. The van der Waals surface area contributed by atoms with Crippen LogP contribution in [-0.2, 0) is 0 Å². The molecule has 0 atom stereocenters. The van der Waals surface area contributed by atoms with E-state index in [0.29, 0.717) is 0 Å². The van der Waals surface area contributed by atoms with Crippen molar-refractivity contribution in [2.24, 2.45) is 0 Å². The number of rotatable bonds is 2. The van der Waals surface area contributed by atoms with Gasteiger partial charge in [0, 0.05) is 5.69 Å². The zero-order chi connectivity index (χ0) is 11.0. The Kier molecular flexibility index (Phi) is 6.38. The van der Waals surface area contributed by atoms with Crippen molar-refractivity contribution in [1.82, 2.24) is 4.98 Å². The van der Waals surface area contributed by atoms with Crippen LogP contribution in [0.15, 0.2) is 25.3 Å². The van der Waals surface area contributed by atoms with Crippen molar-refractivity contribution < 1.29 is 0 Å². The van der Waals surface area contributed by atoms with Gasteiger partial charge in [0.15, 0.2) is 0 Å². The summed E-state index contributed by atoms with van der Waals surface area (Å²) in [5.74, 6) is 0. The van der Waals surface area contributed by atoms with E-state index in [0.717, 1.165) is 17.0 Å². The fraction of sp³-hybridized carbons (Fsp3) is 0.308. The maximum Gasteiger partial charge on any atom is 0.0699 e. The number of aryl methyl sites for hydroxylation is 1. The van der Waals surface area contributed by atoms with Crippen molar-refractivity contribution >= 4 is 12.2 Å². The Morgan fingerprint density at radius 1 is 1.21 bits per heavy atom. The molecule has 1 heteroatoms. The van der Waals surface area contributed by atoms with E-state index in [1.807, 2.05) is 19.1 Å². The van der Waals surface area contributed by atoms with E-state index in [4.69, 9.17) is 0 Å². The third-order valence-corrected chi connectivity index (χ3v) is 1.51. The quantitative estimate of drug-likeness (QED) is 0.682. The highest BCUT2D eigenvalue weighted by Gasteiger charge is 1.95. The largest absolute Gasteiger partial charge is 0.253 e. The monoisotopic (exact) mass is 189 g/mol. The molecule has 14 heavy (non-hydrogen) atoms. The fourth-order valence-electron chi connectivity index (χ4n) is 0.924. The van der Waals surface area contributed by atoms with Crippen molar-refractivity contribution in [1.29, 1.82) is 0 Å². The van der Waals surface area contributed by atoms with Crippen molar-refractivity contribution in [3.63, 3.8) is 0 Å². The van der Waals surface area contributed by atoms with Gasteiger partial charge >= 0.3 is 0 Å². The minimum Gasteiger partial charge on any atom is -0.253 e. The zero-order valence-electron chi connectivity index (χ0n) is 9.38. The average Bonchev–Trinajstić information content (AvgIpc) is 2.19. The molecule has 0 N–H and O–H groups in total. The lowest BCUT2D eigenvalue weighted by molar-refractivity contribution is 1.09. The molecule has 1 aromatic heterocycles. The van der Waals surface area contributed by atoms with E-state index in [1.165, 1.54) is 6.42 Å². The van der Waals surface area contributed by atoms with Gasteiger partial charge in [-0.3, -0.25) is 4.98 Å². The van der Waals surface area contributed by atoms with Crippen LogP contribution in [-0.4, -0.2) is 4.98 Å². The second-order valence-corrected chi connectivity index (χ2v) is 3.04. The van der Waals surface area contributed by atoms with Crippen LogP contribution in [0.3, 0.4) is 0 Å². The van der Waals surface area contributed by atoms with Crippen LogP contribution >= 0.6 is 0 Å². The predicted molar refractivity (Wildman–Crippen MR) is 65.1 cm³/mol. The summed E-state index contributed by atoms with van der Waals surface area (Å²) in [4.78, 5) is 4.27. The molecule has 0 saturated carbocycles. The standard InChI is InChI=1S/C10H11N.C3H8/c1-4-9-7-6-8(3)11-10(9)5-2;1-3-2/h4-7H,1-2H2,3H3;3H2,1-2H3. The molecule has 1 nitrogen and oxygen atoms in total. The Morgan fingerprint density at radius 3 is 2.21 bits per heavy atom. The molecule has 0 fully saturated rings. The highest BCUT2D eigenvalue weighted by molar-refractivity contribution is 5.60. The van der Waals surface area contributed by atoms with Gasteiger partial charge in [-0.2, -0.15) is 0 Å². The zero-order valence-corrected chi connectivity index (χ0v) is 9.38. The first-order valence-corrected chi connectivity index (χ1v) is 4.92. The fourth-order valence-corrected chi connectivity index (χ4v) is 0.924. The van der Waals surface area contributed by atoms with E-state index >= 15 is 0 Å². The molecule has 0 unspecified atom stereocenters. The molecule has 1 rings (SSSR count). The van der Waals surface area contributed by atoms with Gasteiger partial charge in [0.25, 0.3) is 0 Å². The van der Waals surface area contributed by atoms with Crippen LogP contribution in [0.4, 0.5) is 0 Å². The third-order valence-electron chi connectivity index (χ3n) is 1.51. The second-order valence-electron chi connectivity index (χ2n) is 3.04. The van der Waals surface area contributed by atoms with Crippen molar-refractivity contribution in [3.8, 4) is 0 Å². The minimum absolute atomic E-state index is 0.903. The average molecular weight is 189 g/mol. The summed E-state index contributed by atoms with van der Waals surface area (Å²) < 4.78 is 0. The lowest BCUT2D eigenvalue weighted by Crippen LogP contribution is -1.88. The first-order valence-electron chi connectivity index (χ1n) is 4.92. The van der Waals surface area contributed by atoms with Gasteiger partial charge in [-0.05, 0) is 24.6 Å². The van der Waals surface area contributed by atoms with Crippen LogP contribution in [0.2, 0.25) is 0 Å². The van der Waals surface area contributed by atoms with Crippen molar-refractivity contribution in [2.45, 2.75) is 27.2 Å². The smallest absolute Gasteiger partial charge is 0.0699 e. The van der Waals surface area contributed by atoms with Crippen molar-refractivity contribution in [2.75, 3.05) is 0 Å². The summed E-state index contributed by atoms with van der Waals surface area (Å²) in [6.45, 7) is 13.6. The number of hydrogen-bond donors (Lipinski definition) is 0. The highest BCUT2D eigenvalue weighted by atomic mass is 14.7. The number of nitrogens with zero attached hydrogens (tertiary/aromatic N) is 1. The maximum atomic E-state index is 4.27. The first kappa shape index (κ1) is 12.6. The Balaban J connectivity index is 0.000000500. The number of pyridine rings is 1. The van der Waals surface area contributed by atoms with Crippen LogP contribution in [0, 0.1) is 6.92 Å². The Labute approximate surface area is 87.2 Å². The van der Waals surface area contributed by atoms with Crippen LogP contribution in [0.1, 0.15) is 37.2 Å². The van der Waals surface area contributed by atoms with Gasteiger partial charge in [0.05, 0.1) is 5.69 Å². The molecule has 0 aliphatic carbocycles. The summed E-state index contributed by atoms with van der Waals surface area (Å²) >= 11 is 0. The molecule has 0 spiro atoms. The van der Waals surface area contributed by atoms with Gasteiger partial charge < -0.3 is 0 Å². The summed E-state index contributed by atoms with van der Waals surface area (Å²) in [5, 5.41) is 0. The Hall–Kier alpha value is -1.37. The number of hydrogen-bond acceptors (Lipinski definition) is 1. The Morgan fingerprint density at radius 2 is 1.79 bits per heavy atom. The second kappa shape index (κ2) is 7.07. The maximum absolute atomic E-state index is 4.27. The van der Waals surface area contributed by atoms with E-state index in [-0.39, 0.29) is 0 Å². The van der Waals surface area contributed by atoms with Gasteiger partial charge in [0.2, 0.25) is 0 Å². The van der Waals surface area contributed by atoms with Gasteiger partial charge in [0.1, 0.15) is 0 Å². The molecule has 0 aliphatic heterocycles. The van der Waals surface area contributed by atoms with E-state index < -0.39 is 0 Å². The molecule has 0 saturated heterocycles. The molecule has 1 heterocycles.